The predicted molar refractivity (Wildman–Crippen MR) is 134 cm³/mol. The highest BCUT2D eigenvalue weighted by Gasteiger charge is 2.38. The molecule has 3 heterocycles. The SMILES string of the molecule is O=C(N[C@H]1CCCC[C@@H]1O)c1nc2c(F)cccc2cc1CN1CCC(F)(c2cc(Cl)ccn2)CC1. The molecule has 2 aliphatic rings. The molecule has 6 nitrogen and oxygen atoms in total. The third-order valence-electron chi connectivity index (χ3n) is 7.36. The highest BCUT2D eigenvalue weighted by atomic mass is 35.5. The van der Waals surface area contributed by atoms with Crippen LogP contribution in [-0.4, -0.2) is 51.1 Å². The molecule has 1 aliphatic carbocycles. The van der Waals surface area contributed by atoms with E-state index in [1.807, 2.05) is 0 Å². The number of aromatic nitrogens is 2. The van der Waals surface area contributed by atoms with Gasteiger partial charge in [0, 0.05) is 36.2 Å². The molecular formula is C27H29ClF2N4O2. The number of fused-ring (bicyclic) bond motifs is 1. The first-order chi connectivity index (χ1) is 17.3. The number of pyridine rings is 2. The van der Waals surface area contributed by atoms with Crippen molar-refractivity contribution in [3.63, 3.8) is 0 Å². The molecule has 1 aromatic carbocycles. The van der Waals surface area contributed by atoms with Gasteiger partial charge >= 0.3 is 0 Å². The molecule has 0 unspecified atom stereocenters. The Balaban J connectivity index is 1.38. The van der Waals surface area contributed by atoms with E-state index >= 15 is 4.39 Å². The molecule has 0 spiro atoms. The second kappa shape index (κ2) is 10.4. The number of carbonyl (C=O) groups is 1. The number of alkyl halides is 1. The Labute approximate surface area is 213 Å². The quantitative estimate of drug-likeness (QED) is 0.505. The van der Waals surface area contributed by atoms with Crippen LogP contribution in [0.15, 0.2) is 42.6 Å². The average molecular weight is 515 g/mol. The van der Waals surface area contributed by atoms with Gasteiger partial charge in [-0.05, 0) is 55.5 Å². The first kappa shape index (κ1) is 25.0. The summed E-state index contributed by atoms with van der Waals surface area (Å²) in [7, 11) is 0. The molecule has 0 bridgehead atoms. The molecule has 3 aromatic rings. The molecule has 36 heavy (non-hydrogen) atoms. The lowest BCUT2D eigenvalue weighted by Gasteiger charge is -2.36. The van der Waals surface area contributed by atoms with Crippen molar-refractivity contribution in [2.45, 2.75) is 62.9 Å². The summed E-state index contributed by atoms with van der Waals surface area (Å²) < 4.78 is 30.2. The van der Waals surface area contributed by atoms with Gasteiger partial charge in [0.1, 0.15) is 17.0 Å². The summed E-state index contributed by atoms with van der Waals surface area (Å²) >= 11 is 6.04. The fourth-order valence-electron chi connectivity index (χ4n) is 5.25. The minimum atomic E-state index is -1.57. The maximum absolute atomic E-state index is 15.7. The Kier molecular flexibility index (Phi) is 7.19. The Morgan fingerprint density at radius 1 is 1.19 bits per heavy atom. The van der Waals surface area contributed by atoms with Crippen molar-refractivity contribution in [2.24, 2.45) is 0 Å². The zero-order valence-corrected chi connectivity index (χ0v) is 20.6. The maximum Gasteiger partial charge on any atom is 0.270 e. The van der Waals surface area contributed by atoms with Crippen LogP contribution in [0.1, 0.15) is 60.3 Å². The van der Waals surface area contributed by atoms with E-state index in [0.29, 0.717) is 54.1 Å². The van der Waals surface area contributed by atoms with E-state index in [1.54, 1.807) is 30.3 Å². The lowest BCUT2D eigenvalue weighted by atomic mass is 9.89. The van der Waals surface area contributed by atoms with Crippen LogP contribution in [0, 0.1) is 5.82 Å². The fourth-order valence-corrected chi connectivity index (χ4v) is 5.41. The number of para-hydroxylation sites is 1. The average Bonchev–Trinajstić information content (AvgIpc) is 2.87. The highest BCUT2D eigenvalue weighted by Crippen LogP contribution is 2.37. The number of hydrogen-bond donors (Lipinski definition) is 2. The minimum Gasteiger partial charge on any atom is -0.391 e. The molecule has 2 N–H and O–H groups in total. The number of aliphatic hydroxyl groups excluding tert-OH is 1. The summed E-state index contributed by atoms with van der Waals surface area (Å²) in [6.07, 6.45) is 4.56. The lowest BCUT2D eigenvalue weighted by molar-refractivity contribution is 0.0487. The number of piperidine rings is 1. The lowest BCUT2D eigenvalue weighted by Crippen LogP contribution is -2.45. The van der Waals surface area contributed by atoms with E-state index in [0.717, 1.165) is 12.8 Å². The molecule has 2 atom stereocenters. The van der Waals surface area contributed by atoms with Gasteiger partial charge in [-0.15, -0.1) is 0 Å². The number of rotatable bonds is 5. The molecule has 1 saturated carbocycles. The van der Waals surface area contributed by atoms with E-state index in [1.165, 1.54) is 12.3 Å². The van der Waals surface area contributed by atoms with E-state index in [4.69, 9.17) is 11.6 Å². The number of benzene rings is 1. The van der Waals surface area contributed by atoms with Crippen molar-refractivity contribution in [3.8, 4) is 0 Å². The Hall–Kier alpha value is -2.68. The van der Waals surface area contributed by atoms with Crippen LogP contribution >= 0.6 is 11.6 Å². The van der Waals surface area contributed by atoms with Crippen molar-refractivity contribution >= 4 is 28.4 Å². The van der Waals surface area contributed by atoms with Gasteiger partial charge in [-0.1, -0.05) is 36.6 Å². The van der Waals surface area contributed by atoms with Crippen molar-refractivity contribution < 1.29 is 18.7 Å². The summed E-state index contributed by atoms with van der Waals surface area (Å²) in [6.45, 7) is 1.27. The number of hydrogen-bond acceptors (Lipinski definition) is 5. The van der Waals surface area contributed by atoms with Crippen molar-refractivity contribution in [3.05, 3.63) is 70.4 Å². The van der Waals surface area contributed by atoms with E-state index in [-0.39, 0.29) is 30.1 Å². The van der Waals surface area contributed by atoms with Gasteiger partial charge in [-0.3, -0.25) is 14.7 Å². The molecule has 2 fully saturated rings. The van der Waals surface area contributed by atoms with Gasteiger partial charge < -0.3 is 10.4 Å². The van der Waals surface area contributed by atoms with E-state index in [9.17, 15) is 14.3 Å². The van der Waals surface area contributed by atoms with Gasteiger partial charge in [0.2, 0.25) is 0 Å². The summed E-state index contributed by atoms with van der Waals surface area (Å²) in [5.74, 6) is -0.930. The number of carbonyl (C=O) groups excluding carboxylic acids is 1. The molecular weight excluding hydrogens is 486 g/mol. The Bertz CT molecular complexity index is 1270. The van der Waals surface area contributed by atoms with Gasteiger partial charge in [-0.25, -0.2) is 13.8 Å². The summed E-state index contributed by atoms with van der Waals surface area (Å²) in [6, 6.07) is 9.31. The summed E-state index contributed by atoms with van der Waals surface area (Å²) in [5, 5.41) is 14.3. The molecule has 5 rings (SSSR count). The molecule has 1 amide bonds. The minimum absolute atomic E-state index is 0.129. The number of nitrogens with zero attached hydrogens (tertiary/aromatic N) is 3. The third-order valence-corrected chi connectivity index (χ3v) is 7.60. The smallest absolute Gasteiger partial charge is 0.270 e. The first-order valence-electron chi connectivity index (χ1n) is 12.4. The third kappa shape index (κ3) is 5.21. The Morgan fingerprint density at radius 2 is 1.97 bits per heavy atom. The van der Waals surface area contributed by atoms with Gasteiger partial charge in [-0.2, -0.15) is 0 Å². The predicted octanol–water partition coefficient (Wildman–Crippen LogP) is 4.92. The van der Waals surface area contributed by atoms with Gasteiger partial charge in [0.15, 0.2) is 5.67 Å². The zero-order chi connectivity index (χ0) is 25.3. The maximum atomic E-state index is 15.7. The van der Waals surface area contributed by atoms with Crippen molar-refractivity contribution in [1.82, 2.24) is 20.2 Å². The van der Waals surface area contributed by atoms with Crippen molar-refractivity contribution in [1.29, 1.82) is 0 Å². The van der Waals surface area contributed by atoms with Gasteiger partial charge in [0.05, 0.1) is 17.8 Å². The van der Waals surface area contributed by atoms with Crippen LogP contribution in [0.3, 0.4) is 0 Å². The van der Waals surface area contributed by atoms with Gasteiger partial charge in [0.25, 0.3) is 5.91 Å². The standard InChI is InChI=1S/C27H29ClF2N4O2/c28-19-8-11-31-23(15-19)27(30)9-12-34(13-10-27)16-18-14-17-4-3-5-20(29)24(17)33-25(18)26(36)32-21-6-1-2-7-22(21)35/h3-5,8,11,14-15,21-22,35H,1-2,6-7,9-10,12-13,16H2,(H,32,36)/t21-,22-/m0/s1. The van der Waals surface area contributed by atoms with Crippen LogP contribution in [0.25, 0.3) is 10.9 Å². The van der Waals surface area contributed by atoms with Crippen molar-refractivity contribution in [2.75, 3.05) is 13.1 Å². The molecule has 9 heteroatoms. The number of likely N-dealkylation sites (tertiary alicyclic amines) is 1. The molecule has 190 valence electrons. The van der Waals surface area contributed by atoms with E-state index in [2.05, 4.69) is 20.2 Å². The first-order valence-corrected chi connectivity index (χ1v) is 12.8. The van der Waals surface area contributed by atoms with Crippen LogP contribution in [-0.2, 0) is 12.2 Å². The fraction of sp³-hybridized carbons (Fsp3) is 0.444. The molecule has 1 saturated heterocycles. The molecule has 1 aliphatic heterocycles. The molecule has 0 radical (unpaired) electrons. The summed E-state index contributed by atoms with van der Waals surface area (Å²) in [5.41, 5.74) is -0.321. The summed E-state index contributed by atoms with van der Waals surface area (Å²) in [4.78, 5) is 24.0. The Morgan fingerprint density at radius 3 is 2.72 bits per heavy atom. The van der Waals surface area contributed by atoms with E-state index < -0.39 is 23.5 Å². The zero-order valence-electron chi connectivity index (χ0n) is 19.9. The number of halogens is 3. The van der Waals surface area contributed by atoms with Crippen LogP contribution in [0.5, 0.6) is 0 Å². The topological polar surface area (TPSA) is 78.3 Å². The second-order valence-corrected chi connectivity index (χ2v) is 10.3. The van der Waals surface area contributed by atoms with Crippen LogP contribution < -0.4 is 5.32 Å². The highest BCUT2D eigenvalue weighted by molar-refractivity contribution is 6.30. The second-order valence-electron chi connectivity index (χ2n) is 9.84. The number of aliphatic hydroxyl groups is 1. The largest absolute Gasteiger partial charge is 0.391 e. The molecule has 2 aromatic heterocycles. The number of amides is 1. The monoisotopic (exact) mass is 514 g/mol. The normalized spacial score (nSPS) is 22.4. The number of nitrogens with one attached hydrogen (secondary N) is 1. The van der Waals surface area contributed by atoms with Crippen LogP contribution in [0.4, 0.5) is 8.78 Å². The van der Waals surface area contributed by atoms with Crippen LogP contribution in [0.2, 0.25) is 5.02 Å².